The predicted molar refractivity (Wildman–Crippen MR) is 109 cm³/mol. The highest BCUT2D eigenvalue weighted by molar-refractivity contribution is 8.26. The Balaban J connectivity index is 1.97. The van der Waals surface area contributed by atoms with Crippen molar-refractivity contribution in [3.05, 3.63) is 58.0 Å². The molecule has 2 aromatic carbocycles. The Morgan fingerprint density at radius 1 is 1.22 bits per heavy atom. The molecule has 1 fully saturated rings. The Morgan fingerprint density at radius 3 is 2.52 bits per heavy atom. The molecule has 0 spiro atoms. The second-order valence-corrected chi connectivity index (χ2v) is 8.91. The molecule has 27 heavy (non-hydrogen) atoms. The van der Waals surface area contributed by atoms with E-state index in [2.05, 4.69) is 5.32 Å². The highest BCUT2D eigenvalue weighted by Gasteiger charge is 2.24. The lowest BCUT2D eigenvalue weighted by atomic mass is 10.2. The molecule has 0 aromatic heterocycles. The van der Waals surface area contributed by atoms with Crippen LogP contribution in [0, 0.1) is 0 Å². The summed E-state index contributed by atoms with van der Waals surface area (Å²) >= 11 is 12.3. The summed E-state index contributed by atoms with van der Waals surface area (Å²) in [7, 11) is -2.73. The van der Waals surface area contributed by atoms with Crippen LogP contribution in [0.2, 0.25) is 5.02 Å². The predicted octanol–water partition coefficient (Wildman–Crippen LogP) is 3.61. The number of methoxy groups -OCH3 is 1. The third kappa shape index (κ3) is 4.44. The van der Waals surface area contributed by atoms with Crippen molar-refractivity contribution in [2.45, 2.75) is 4.90 Å². The Morgan fingerprint density at radius 2 is 1.93 bits per heavy atom. The Kier molecular flexibility index (Phi) is 5.75. The van der Waals surface area contributed by atoms with E-state index < -0.39 is 10.1 Å². The number of halogens is 1. The van der Waals surface area contributed by atoms with Crippen molar-refractivity contribution >= 4 is 62.0 Å². The fourth-order valence-electron chi connectivity index (χ4n) is 2.22. The van der Waals surface area contributed by atoms with E-state index in [1.165, 1.54) is 31.4 Å². The molecular formula is C17H12ClNO5S3. The zero-order valence-electron chi connectivity index (χ0n) is 13.8. The van der Waals surface area contributed by atoms with Gasteiger partial charge >= 0.3 is 10.1 Å². The number of ether oxygens (including phenoxy) is 1. The van der Waals surface area contributed by atoms with E-state index in [0.717, 1.165) is 11.8 Å². The normalized spacial score (nSPS) is 15.7. The summed E-state index contributed by atoms with van der Waals surface area (Å²) in [5.74, 6) is -0.337. The number of benzene rings is 2. The Labute approximate surface area is 170 Å². The first-order valence-electron chi connectivity index (χ1n) is 7.42. The number of amides is 1. The summed E-state index contributed by atoms with van der Waals surface area (Å²) in [4.78, 5) is 12.2. The lowest BCUT2D eigenvalue weighted by Gasteiger charge is -2.13. The van der Waals surface area contributed by atoms with Crippen LogP contribution in [0.25, 0.3) is 6.08 Å². The van der Waals surface area contributed by atoms with Crippen LogP contribution in [0.5, 0.6) is 11.5 Å². The molecule has 1 amide bonds. The van der Waals surface area contributed by atoms with E-state index in [4.69, 9.17) is 32.7 Å². The first-order valence-corrected chi connectivity index (χ1v) is 10.4. The Hall–Kier alpha value is -2.07. The highest BCUT2D eigenvalue weighted by Crippen LogP contribution is 2.39. The van der Waals surface area contributed by atoms with Gasteiger partial charge in [0, 0.05) is 0 Å². The number of nitrogens with one attached hydrogen (secondary N) is 1. The van der Waals surface area contributed by atoms with Gasteiger partial charge in [-0.3, -0.25) is 4.79 Å². The maximum absolute atomic E-state index is 12.4. The van der Waals surface area contributed by atoms with E-state index in [1.54, 1.807) is 24.3 Å². The average Bonchev–Trinajstić information content (AvgIpc) is 2.94. The maximum Gasteiger partial charge on any atom is 0.339 e. The molecule has 1 N–H and O–H groups in total. The number of thioether (sulfide) groups is 1. The molecule has 0 bridgehead atoms. The van der Waals surface area contributed by atoms with Crippen molar-refractivity contribution in [2.24, 2.45) is 0 Å². The van der Waals surface area contributed by atoms with Crippen molar-refractivity contribution in [3.63, 3.8) is 0 Å². The molecule has 2 aromatic rings. The Bertz CT molecular complexity index is 1050. The second-order valence-electron chi connectivity index (χ2n) is 5.24. The topological polar surface area (TPSA) is 81.7 Å². The summed E-state index contributed by atoms with van der Waals surface area (Å²) in [6.45, 7) is 0. The molecule has 6 nitrogen and oxygen atoms in total. The van der Waals surface area contributed by atoms with Gasteiger partial charge in [-0.2, -0.15) is 8.42 Å². The monoisotopic (exact) mass is 441 g/mol. The number of hydrogen-bond acceptors (Lipinski definition) is 7. The van der Waals surface area contributed by atoms with E-state index in [1.807, 2.05) is 0 Å². The van der Waals surface area contributed by atoms with Gasteiger partial charge in [0.25, 0.3) is 5.91 Å². The third-order valence-electron chi connectivity index (χ3n) is 3.42. The minimum absolute atomic E-state index is 0.0122. The summed E-state index contributed by atoms with van der Waals surface area (Å²) < 4.78 is 35.7. The lowest BCUT2D eigenvalue weighted by molar-refractivity contribution is -0.115. The largest absolute Gasteiger partial charge is 0.493 e. The van der Waals surface area contributed by atoms with Gasteiger partial charge in [0.05, 0.1) is 17.0 Å². The summed E-state index contributed by atoms with van der Waals surface area (Å²) in [5.41, 5.74) is 0.531. The minimum atomic E-state index is -4.08. The van der Waals surface area contributed by atoms with Crippen LogP contribution in [0.15, 0.2) is 52.3 Å². The fraction of sp³-hybridized carbons (Fsp3) is 0.0588. The third-order valence-corrected chi connectivity index (χ3v) is 6.10. The smallest absolute Gasteiger partial charge is 0.339 e. The van der Waals surface area contributed by atoms with Crippen LogP contribution < -0.4 is 14.2 Å². The van der Waals surface area contributed by atoms with Gasteiger partial charge in [-0.1, -0.05) is 53.8 Å². The summed E-state index contributed by atoms with van der Waals surface area (Å²) in [6.07, 6.45) is 1.57. The van der Waals surface area contributed by atoms with E-state index in [-0.39, 0.29) is 27.3 Å². The molecule has 1 aliphatic heterocycles. The molecule has 1 saturated heterocycles. The maximum atomic E-state index is 12.4. The zero-order chi connectivity index (χ0) is 19.6. The molecule has 1 aliphatic rings. The molecule has 1 heterocycles. The molecule has 0 radical (unpaired) electrons. The number of hydrogen-bond donors (Lipinski definition) is 1. The molecule has 0 unspecified atom stereocenters. The first-order chi connectivity index (χ1) is 12.8. The molecule has 10 heteroatoms. The van der Waals surface area contributed by atoms with Crippen molar-refractivity contribution in [1.82, 2.24) is 5.32 Å². The lowest BCUT2D eigenvalue weighted by Crippen LogP contribution is -2.17. The highest BCUT2D eigenvalue weighted by atomic mass is 35.5. The van der Waals surface area contributed by atoms with Gasteiger partial charge in [0.15, 0.2) is 5.75 Å². The number of thiocarbonyl (C=S) groups is 1. The van der Waals surface area contributed by atoms with Gasteiger partial charge in [-0.05, 0) is 35.9 Å². The number of rotatable bonds is 5. The van der Waals surface area contributed by atoms with Crippen molar-refractivity contribution < 1.29 is 22.1 Å². The van der Waals surface area contributed by atoms with E-state index in [0.29, 0.717) is 14.8 Å². The van der Waals surface area contributed by atoms with Crippen LogP contribution in [0.1, 0.15) is 5.56 Å². The molecule has 0 atom stereocenters. The van der Waals surface area contributed by atoms with Crippen LogP contribution in [0.4, 0.5) is 0 Å². The fourth-order valence-corrected chi connectivity index (χ4v) is 4.55. The van der Waals surface area contributed by atoms with Crippen LogP contribution in [-0.2, 0) is 14.9 Å². The zero-order valence-corrected chi connectivity index (χ0v) is 17.0. The van der Waals surface area contributed by atoms with Crippen LogP contribution in [-0.4, -0.2) is 25.8 Å². The van der Waals surface area contributed by atoms with Gasteiger partial charge in [0.1, 0.15) is 9.22 Å². The molecular weight excluding hydrogens is 430 g/mol. The average molecular weight is 442 g/mol. The van der Waals surface area contributed by atoms with Gasteiger partial charge < -0.3 is 14.2 Å². The standard InChI is InChI=1S/C17H12ClNO5S3/c1-23-13-8-10(9-14-16(20)19-17(25)26-14)7-12(18)15(13)24-27(21,22)11-5-3-2-4-6-11/h2-9H,1H3,(H,19,20,25). The SMILES string of the molecule is COc1cc(C=C2SC(=S)NC2=O)cc(Cl)c1OS(=O)(=O)c1ccccc1. The van der Waals surface area contributed by atoms with Crippen LogP contribution in [0.3, 0.4) is 0 Å². The quantitative estimate of drug-likeness (QED) is 0.431. The number of carbonyl (C=O) groups excluding carboxylic acids is 1. The van der Waals surface area contributed by atoms with E-state index in [9.17, 15) is 13.2 Å². The summed E-state index contributed by atoms with van der Waals surface area (Å²) in [6, 6.07) is 10.7. The van der Waals surface area contributed by atoms with Crippen LogP contribution >= 0.6 is 35.6 Å². The van der Waals surface area contributed by atoms with Gasteiger partial charge in [-0.25, -0.2) is 0 Å². The van der Waals surface area contributed by atoms with Gasteiger partial charge in [-0.15, -0.1) is 0 Å². The van der Waals surface area contributed by atoms with Crippen molar-refractivity contribution in [1.29, 1.82) is 0 Å². The minimum Gasteiger partial charge on any atom is -0.493 e. The molecule has 0 aliphatic carbocycles. The van der Waals surface area contributed by atoms with E-state index >= 15 is 0 Å². The number of carbonyl (C=O) groups is 1. The van der Waals surface area contributed by atoms with Gasteiger partial charge in [0.2, 0.25) is 5.75 Å². The summed E-state index contributed by atoms with van der Waals surface area (Å²) in [5, 5.41) is 2.53. The first kappa shape index (κ1) is 19.7. The van der Waals surface area contributed by atoms with Crippen molar-refractivity contribution in [2.75, 3.05) is 7.11 Å². The second kappa shape index (κ2) is 7.89. The molecule has 0 saturated carbocycles. The molecule has 3 rings (SSSR count). The molecule has 140 valence electrons. The van der Waals surface area contributed by atoms with Crippen molar-refractivity contribution in [3.8, 4) is 11.5 Å².